The highest BCUT2D eigenvalue weighted by Gasteiger charge is 2.37. The van der Waals surface area contributed by atoms with E-state index < -0.39 is 0 Å². The third-order valence-electron chi connectivity index (χ3n) is 5.31. The Hall–Kier alpha value is -1.96. The SMILES string of the molecule is Cn1cc(-c2ccc(-c3nnc(N4CC5CNCC5C4)s3)c(Cl)c2)cn1. The standard InChI is InChI=1S/C18H19ClN6S/c1-24-8-14(7-21-24)11-2-3-15(16(19)4-11)17-22-23-18(26-17)25-9-12-5-20-6-13(12)10-25/h2-4,7-8,12-13,20H,5-6,9-10H2,1H3. The fourth-order valence-corrected chi connectivity index (χ4v) is 5.13. The molecule has 2 atom stereocenters. The van der Waals surface area contributed by atoms with Crippen molar-refractivity contribution in [2.75, 3.05) is 31.1 Å². The van der Waals surface area contributed by atoms with Gasteiger partial charge in [0.15, 0.2) is 5.01 Å². The lowest BCUT2D eigenvalue weighted by atomic mass is 10.0. The largest absolute Gasteiger partial charge is 0.346 e. The lowest BCUT2D eigenvalue weighted by molar-refractivity contribution is 0.533. The van der Waals surface area contributed by atoms with Crippen LogP contribution in [0.15, 0.2) is 30.6 Å². The molecule has 2 unspecified atom stereocenters. The first kappa shape index (κ1) is 16.2. The number of halogens is 1. The molecule has 5 rings (SSSR count). The molecular formula is C18H19ClN6S. The van der Waals surface area contributed by atoms with Gasteiger partial charge in [-0.25, -0.2) is 0 Å². The number of fused-ring (bicyclic) bond motifs is 1. The molecule has 2 saturated heterocycles. The number of nitrogens with one attached hydrogen (secondary N) is 1. The van der Waals surface area contributed by atoms with Gasteiger partial charge in [0.05, 0.1) is 11.2 Å². The average molecular weight is 387 g/mol. The Morgan fingerprint density at radius 3 is 2.65 bits per heavy atom. The van der Waals surface area contributed by atoms with Gasteiger partial charge >= 0.3 is 0 Å². The highest BCUT2D eigenvalue weighted by Crippen LogP contribution is 2.38. The Kier molecular flexibility index (Phi) is 3.95. The molecular weight excluding hydrogens is 368 g/mol. The molecule has 2 aliphatic heterocycles. The van der Waals surface area contributed by atoms with Crippen molar-refractivity contribution < 1.29 is 0 Å². The van der Waals surface area contributed by atoms with Crippen LogP contribution in [0.1, 0.15) is 0 Å². The minimum Gasteiger partial charge on any atom is -0.346 e. The van der Waals surface area contributed by atoms with Crippen LogP contribution < -0.4 is 10.2 Å². The molecule has 0 spiro atoms. The van der Waals surface area contributed by atoms with E-state index in [0.29, 0.717) is 5.02 Å². The van der Waals surface area contributed by atoms with E-state index in [-0.39, 0.29) is 0 Å². The predicted octanol–water partition coefficient (Wildman–Crippen LogP) is 2.91. The molecule has 2 aliphatic rings. The first-order valence-corrected chi connectivity index (χ1v) is 9.95. The molecule has 8 heteroatoms. The summed E-state index contributed by atoms with van der Waals surface area (Å²) in [5.41, 5.74) is 3.04. The molecule has 2 aromatic heterocycles. The van der Waals surface area contributed by atoms with Crippen LogP contribution in [0.5, 0.6) is 0 Å². The maximum Gasteiger partial charge on any atom is 0.208 e. The van der Waals surface area contributed by atoms with Crippen LogP contribution >= 0.6 is 22.9 Å². The van der Waals surface area contributed by atoms with Crippen molar-refractivity contribution in [1.29, 1.82) is 0 Å². The summed E-state index contributed by atoms with van der Waals surface area (Å²) in [5, 5.41) is 19.1. The van der Waals surface area contributed by atoms with E-state index in [1.165, 1.54) is 0 Å². The summed E-state index contributed by atoms with van der Waals surface area (Å²) in [5.74, 6) is 1.48. The molecule has 4 heterocycles. The molecule has 1 N–H and O–H groups in total. The van der Waals surface area contributed by atoms with Gasteiger partial charge in [-0.3, -0.25) is 4.68 Å². The molecule has 0 amide bonds. The Morgan fingerprint density at radius 1 is 1.15 bits per heavy atom. The average Bonchev–Trinajstić information content (AvgIpc) is 3.37. The molecule has 0 bridgehead atoms. The van der Waals surface area contributed by atoms with Gasteiger partial charge in [-0.05, 0) is 29.5 Å². The summed E-state index contributed by atoms with van der Waals surface area (Å²) in [4.78, 5) is 2.37. The van der Waals surface area contributed by atoms with Gasteiger partial charge in [0, 0.05) is 50.6 Å². The number of hydrogen-bond acceptors (Lipinski definition) is 6. The minimum absolute atomic E-state index is 0.691. The fraction of sp³-hybridized carbons (Fsp3) is 0.389. The lowest BCUT2D eigenvalue weighted by Crippen LogP contribution is -2.25. The second-order valence-corrected chi connectivity index (χ2v) is 8.43. The van der Waals surface area contributed by atoms with Crippen LogP contribution in [0.2, 0.25) is 5.02 Å². The van der Waals surface area contributed by atoms with E-state index in [1.54, 1.807) is 16.0 Å². The van der Waals surface area contributed by atoms with E-state index in [0.717, 1.165) is 64.8 Å². The maximum absolute atomic E-state index is 6.56. The zero-order valence-corrected chi connectivity index (χ0v) is 16.0. The smallest absolute Gasteiger partial charge is 0.208 e. The molecule has 0 aliphatic carbocycles. The highest BCUT2D eigenvalue weighted by atomic mass is 35.5. The Bertz CT molecular complexity index is 939. The second kappa shape index (κ2) is 6.33. The van der Waals surface area contributed by atoms with Crippen LogP contribution in [0.3, 0.4) is 0 Å². The van der Waals surface area contributed by atoms with Gasteiger partial charge in [-0.2, -0.15) is 5.10 Å². The quantitative estimate of drug-likeness (QED) is 0.750. The van der Waals surface area contributed by atoms with E-state index in [9.17, 15) is 0 Å². The number of anilines is 1. The second-order valence-electron chi connectivity index (χ2n) is 7.07. The van der Waals surface area contributed by atoms with E-state index >= 15 is 0 Å². The summed E-state index contributed by atoms with van der Waals surface area (Å²) in [6.07, 6.45) is 3.82. The van der Waals surface area contributed by atoms with Gasteiger partial charge in [0.2, 0.25) is 5.13 Å². The molecule has 1 aromatic carbocycles. The molecule has 2 fully saturated rings. The van der Waals surface area contributed by atoms with Gasteiger partial charge in [0.25, 0.3) is 0 Å². The van der Waals surface area contributed by atoms with Crippen molar-refractivity contribution in [3.05, 3.63) is 35.6 Å². The zero-order valence-electron chi connectivity index (χ0n) is 14.4. The van der Waals surface area contributed by atoms with Gasteiger partial charge in [-0.15, -0.1) is 10.2 Å². The van der Waals surface area contributed by atoms with Gasteiger partial charge in [-0.1, -0.05) is 29.0 Å². The molecule has 6 nitrogen and oxygen atoms in total. The lowest BCUT2D eigenvalue weighted by Gasteiger charge is -2.14. The van der Waals surface area contributed by atoms with E-state index in [4.69, 9.17) is 11.6 Å². The molecule has 134 valence electrons. The number of aromatic nitrogens is 4. The molecule has 0 saturated carbocycles. The molecule has 0 radical (unpaired) electrons. The van der Waals surface area contributed by atoms with Crippen LogP contribution in [0, 0.1) is 11.8 Å². The van der Waals surface area contributed by atoms with Crippen molar-refractivity contribution in [2.45, 2.75) is 0 Å². The predicted molar refractivity (Wildman–Crippen MR) is 105 cm³/mol. The highest BCUT2D eigenvalue weighted by molar-refractivity contribution is 7.18. The number of hydrogen-bond donors (Lipinski definition) is 1. The summed E-state index contributed by atoms with van der Waals surface area (Å²) in [6.45, 7) is 4.38. The van der Waals surface area contributed by atoms with E-state index in [2.05, 4.69) is 31.6 Å². The number of benzene rings is 1. The summed E-state index contributed by atoms with van der Waals surface area (Å²) in [6, 6.07) is 6.06. The summed E-state index contributed by atoms with van der Waals surface area (Å²) in [7, 11) is 1.91. The Morgan fingerprint density at radius 2 is 1.96 bits per heavy atom. The third-order valence-corrected chi connectivity index (χ3v) is 6.64. The minimum atomic E-state index is 0.691. The topological polar surface area (TPSA) is 58.9 Å². The van der Waals surface area contributed by atoms with Gasteiger partial charge < -0.3 is 10.2 Å². The summed E-state index contributed by atoms with van der Waals surface area (Å²) >= 11 is 8.18. The third kappa shape index (κ3) is 2.80. The Labute approximate surface area is 160 Å². The van der Waals surface area contributed by atoms with Crippen LogP contribution in [0.4, 0.5) is 5.13 Å². The van der Waals surface area contributed by atoms with Crippen molar-refractivity contribution in [3.8, 4) is 21.7 Å². The number of aryl methyl sites for hydroxylation is 1. The maximum atomic E-state index is 6.56. The van der Waals surface area contributed by atoms with Crippen LogP contribution in [-0.2, 0) is 7.05 Å². The number of rotatable bonds is 3. The van der Waals surface area contributed by atoms with Gasteiger partial charge in [0.1, 0.15) is 0 Å². The van der Waals surface area contributed by atoms with Crippen molar-refractivity contribution >= 4 is 28.1 Å². The van der Waals surface area contributed by atoms with Crippen molar-refractivity contribution in [1.82, 2.24) is 25.3 Å². The first-order valence-electron chi connectivity index (χ1n) is 8.75. The van der Waals surface area contributed by atoms with E-state index in [1.807, 2.05) is 31.6 Å². The zero-order chi connectivity index (χ0) is 17.7. The van der Waals surface area contributed by atoms with Crippen molar-refractivity contribution in [3.63, 3.8) is 0 Å². The molecule has 26 heavy (non-hydrogen) atoms. The number of nitrogens with zero attached hydrogens (tertiary/aromatic N) is 5. The summed E-state index contributed by atoms with van der Waals surface area (Å²) < 4.78 is 1.79. The van der Waals surface area contributed by atoms with Crippen molar-refractivity contribution in [2.24, 2.45) is 18.9 Å². The fourth-order valence-electron chi connectivity index (χ4n) is 3.90. The van der Waals surface area contributed by atoms with Crippen LogP contribution in [-0.4, -0.2) is 46.2 Å². The van der Waals surface area contributed by atoms with Crippen LogP contribution in [0.25, 0.3) is 21.7 Å². The monoisotopic (exact) mass is 386 g/mol. The Balaban J connectivity index is 1.39. The molecule has 3 aromatic rings. The normalized spacial score (nSPS) is 22.2. The first-order chi connectivity index (χ1) is 12.7.